The number of rotatable bonds is 13. The highest BCUT2D eigenvalue weighted by atomic mass is 32.2. The minimum Gasteiger partial charge on any atom is -0.346 e. The van der Waals surface area contributed by atoms with Crippen LogP contribution < -0.4 is 10.6 Å². The Morgan fingerprint density at radius 2 is 1.41 bits per heavy atom. The van der Waals surface area contributed by atoms with Crippen LogP contribution in [0.1, 0.15) is 47.5 Å². The highest BCUT2D eigenvalue weighted by Crippen LogP contribution is 2.40. The molecular weight excluding hydrogens is 400 g/mol. The lowest BCUT2D eigenvalue weighted by atomic mass is 9.51. The van der Waals surface area contributed by atoms with Gasteiger partial charge in [0.1, 0.15) is 14.3 Å². The molecule has 2 N–H and O–H groups in total. The van der Waals surface area contributed by atoms with Gasteiger partial charge in [-0.2, -0.15) is 23.5 Å². The predicted molar refractivity (Wildman–Crippen MR) is 128 cm³/mol. The molecule has 0 aromatic carbocycles. The third kappa shape index (κ3) is 9.60. The number of thioether (sulfide) groups is 2. The number of nitrogens with one attached hydrogen (secondary N) is 2. The van der Waals surface area contributed by atoms with E-state index in [1.54, 1.807) is 37.4 Å². The van der Waals surface area contributed by atoms with E-state index >= 15 is 0 Å². The van der Waals surface area contributed by atoms with Gasteiger partial charge in [-0.3, -0.25) is 4.79 Å². The summed E-state index contributed by atoms with van der Waals surface area (Å²) in [5.74, 6) is 0.794. The van der Waals surface area contributed by atoms with Gasteiger partial charge in [0.05, 0.1) is 23.4 Å². The maximum Gasteiger partial charge on any atom is 0.223 e. The fourth-order valence-corrected chi connectivity index (χ4v) is 5.90. The monoisotopic (exact) mass is 430 g/mol. The van der Waals surface area contributed by atoms with E-state index in [1.165, 1.54) is 0 Å². The van der Waals surface area contributed by atoms with Crippen LogP contribution in [0.3, 0.4) is 0 Å². The Kier molecular flexibility index (Phi) is 11.6. The lowest BCUT2D eigenvalue weighted by Gasteiger charge is -2.38. The predicted octanol–water partition coefficient (Wildman–Crippen LogP) is 0.510. The molecule has 29 heavy (non-hydrogen) atoms. The summed E-state index contributed by atoms with van der Waals surface area (Å²) in [4.78, 5) is 36.1. The van der Waals surface area contributed by atoms with Gasteiger partial charge in [-0.25, -0.2) is 0 Å². The van der Waals surface area contributed by atoms with E-state index in [0.717, 1.165) is 27.2 Å². The molecule has 0 bridgehead atoms. The van der Waals surface area contributed by atoms with Crippen molar-refractivity contribution in [3.63, 3.8) is 0 Å². The van der Waals surface area contributed by atoms with E-state index < -0.39 is 6.04 Å². The van der Waals surface area contributed by atoms with Gasteiger partial charge in [0.15, 0.2) is 0 Å². The molecule has 1 saturated carbocycles. The molecule has 0 aromatic rings. The number of carbonyl (C=O) groups excluding carboxylic acids is 3. The maximum atomic E-state index is 12.1. The Labute approximate surface area is 188 Å². The summed E-state index contributed by atoms with van der Waals surface area (Å²) in [6, 6.07) is -0.919. The van der Waals surface area contributed by atoms with Gasteiger partial charge in [0.2, 0.25) is 5.91 Å². The van der Waals surface area contributed by atoms with Crippen LogP contribution in [-0.4, -0.2) is 86.7 Å². The van der Waals surface area contributed by atoms with Gasteiger partial charge in [-0.15, -0.1) is 0 Å². The van der Waals surface area contributed by atoms with Gasteiger partial charge >= 0.3 is 0 Å². The van der Waals surface area contributed by atoms with Gasteiger partial charge in [0.25, 0.3) is 0 Å². The summed E-state index contributed by atoms with van der Waals surface area (Å²) in [5.41, 5.74) is -0.552. The van der Waals surface area contributed by atoms with Crippen molar-refractivity contribution in [1.82, 2.24) is 10.6 Å². The van der Waals surface area contributed by atoms with Crippen LogP contribution in [0, 0.1) is 5.92 Å². The topological polar surface area (TPSA) is 75.3 Å². The molecule has 5 nitrogen and oxygen atoms in total. The lowest BCUT2D eigenvalue weighted by Crippen LogP contribution is -2.51. The van der Waals surface area contributed by atoms with Gasteiger partial charge in [0, 0.05) is 48.9 Å². The fourth-order valence-electron chi connectivity index (χ4n) is 2.74. The third-order valence-electron chi connectivity index (χ3n) is 4.57. The zero-order chi connectivity index (χ0) is 22.2. The maximum absolute atomic E-state index is 12.1. The van der Waals surface area contributed by atoms with E-state index in [9.17, 15) is 14.4 Å². The summed E-state index contributed by atoms with van der Waals surface area (Å²) < 4.78 is 0. The molecule has 1 amide bonds. The van der Waals surface area contributed by atoms with Gasteiger partial charge < -0.3 is 20.2 Å². The Morgan fingerprint density at radius 3 is 1.79 bits per heavy atom. The summed E-state index contributed by atoms with van der Waals surface area (Å²) >= 11 is 3.45. The Hall–Kier alpha value is -0.270. The highest BCUT2D eigenvalue weighted by molar-refractivity contribution is 8.04. The summed E-state index contributed by atoms with van der Waals surface area (Å²) in [7, 11) is 13.0. The molecule has 4 unspecified atom stereocenters. The molecule has 0 spiro atoms. The average Bonchev–Trinajstić information content (AvgIpc) is 2.62. The van der Waals surface area contributed by atoms with E-state index in [2.05, 4.69) is 10.6 Å². The first-order valence-electron chi connectivity index (χ1n) is 9.97. The van der Waals surface area contributed by atoms with Crippen LogP contribution in [-0.2, 0) is 14.4 Å². The number of hydrogen-bond donors (Lipinski definition) is 2. The number of carbonyl (C=O) groups is 3. The van der Waals surface area contributed by atoms with Crippen molar-refractivity contribution in [1.29, 1.82) is 0 Å². The molecule has 0 aliphatic heterocycles. The summed E-state index contributed by atoms with van der Waals surface area (Å²) in [6.45, 7) is 9.64. The molecule has 0 saturated heterocycles. The Bertz CT molecular complexity index is 576. The van der Waals surface area contributed by atoms with Crippen molar-refractivity contribution >= 4 is 70.6 Å². The van der Waals surface area contributed by atoms with Crippen LogP contribution in [0.2, 0.25) is 0 Å². The zero-order valence-corrected chi connectivity index (χ0v) is 19.7. The van der Waals surface area contributed by atoms with Crippen molar-refractivity contribution in [3.05, 3.63) is 0 Å². The number of amides is 1. The molecule has 1 rings (SSSR count). The molecule has 4 atom stereocenters. The molecule has 0 aromatic heterocycles. The molecule has 1 aliphatic carbocycles. The Balaban J connectivity index is 2.56. The van der Waals surface area contributed by atoms with Crippen molar-refractivity contribution < 1.29 is 14.4 Å². The smallest absolute Gasteiger partial charge is 0.223 e. The first-order valence-corrected chi connectivity index (χ1v) is 12.1. The third-order valence-corrected chi connectivity index (χ3v) is 7.78. The second-order valence-corrected chi connectivity index (χ2v) is 11.2. The molecule has 1 aliphatic rings. The van der Waals surface area contributed by atoms with E-state index in [4.69, 9.17) is 15.5 Å². The largest absolute Gasteiger partial charge is 0.346 e. The van der Waals surface area contributed by atoms with Crippen LogP contribution >= 0.6 is 23.5 Å². The minimum absolute atomic E-state index is 0.100. The van der Waals surface area contributed by atoms with E-state index in [0.29, 0.717) is 22.0 Å². The van der Waals surface area contributed by atoms with Crippen molar-refractivity contribution in [2.45, 2.75) is 75.6 Å². The fraction of sp³-hybridized carbons (Fsp3) is 0.833. The molecule has 154 valence electrons. The second kappa shape index (κ2) is 12.6. The standard InChI is InChI=1S/C18H30B4N2O3S2/c1-10(2)17(27)23-11(15(25)21-19)8-28-13-6-7-14(13)29-9-12(16(26)22-20)24-18(3,4)5/h10-14,24H,6-9H2,1-5H3,(H,23,27). The van der Waals surface area contributed by atoms with Crippen LogP contribution in [0.5, 0.6) is 0 Å². The lowest BCUT2D eigenvalue weighted by molar-refractivity contribution is -0.127. The summed E-state index contributed by atoms with van der Waals surface area (Å²) in [6.07, 6.45) is 2.13. The van der Waals surface area contributed by atoms with Gasteiger partial charge in [-0.1, -0.05) is 13.8 Å². The molecule has 1 fully saturated rings. The minimum atomic E-state index is -0.602. The van der Waals surface area contributed by atoms with Gasteiger partial charge in [-0.05, 0) is 33.6 Å². The van der Waals surface area contributed by atoms with Crippen LogP contribution in [0.25, 0.3) is 0 Å². The summed E-state index contributed by atoms with van der Waals surface area (Å²) in [5, 5.41) is 6.91. The van der Waals surface area contributed by atoms with Crippen molar-refractivity contribution in [2.75, 3.05) is 11.5 Å². The molecule has 6 radical (unpaired) electrons. The van der Waals surface area contributed by atoms with E-state index in [1.807, 2.05) is 20.8 Å². The molecule has 0 heterocycles. The van der Waals surface area contributed by atoms with E-state index in [-0.39, 0.29) is 34.8 Å². The SMILES string of the molecule is [B][B]C(=O)C(CSC1CCC1SCC(NC(C)(C)C)C(=O)[B][B])NC(=O)C(C)C. The van der Waals surface area contributed by atoms with Crippen LogP contribution in [0.4, 0.5) is 0 Å². The first-order chi connectivity index (χ1) is 13.5. The normalized spacial score (nSPS) is 21.0. The van der Waals surface area contributed by atoms with Crippen LogP contribution in [0.15, 0.2) is 0 Å². The highest BCUT2D eigenvalue weighted by Gasteiger charge is 2.34. The first kappa shape index (κ1) is 26.8. The molecular formula is C18H30B4N2O3S2. The zero-order valence-electron chi connectivity index (χ0n) is 18.1. The quantitative estimate of drug-likeness (QED) is 0.416. The van der Waals surface area contributed by atoms with Crippen molar-refractivity contribution in [3.8, 4) is 0 Å². The molecule has 11 heteroatoms. The van der Waals surface area contributed by atoms with Crippen molar-refractivity contribution in [2.24, 2.45) is 5.92 Å². The average molecular weight is 430 g/mol. The number of hydrogen-bond acceptors (Lipinski definition) is 6. The second-order valence-electron chi connectivity index (χ2n) is 8.62. The Morgan fingerprint density at radius 1 is 0.966 bits per heavy atom.